The van der Waals surface area contributed by atoms with Gasteiger partial charge in [-0.2, -0.15) is 0 Å². The first kappa shape index (κ1) is 24.1. The average molecular weight is 519 g/mol. The number of anilines is 1. The first-order valence-electron chi connectivity index (χ1n) is 11.2. The van der Waals surface area contributed by atoms with E-state index in [-0.39, 0.29) is 12.1 Å². The summed E-state index contributed by atoms with van der Waals surface area (Å²) in [6.07, 6.45) is 0.115. The van der Waals surface area contributed by atoms with E-state index in [9.17, 15) is 18.7 Å². The van der Waals surface area contributed by atoms with Gasteiger partial charge in [0.2, 0.25) is 0 Å². The van der Waals surface area contributed by atoms with E-state index < -0.39 is 28.7 Å². The summed E-state index contributed by atoms with van der Waals surface area (Å²) in [6, 6.07) is 30.3. The van der Waals surface area contributed by atoms with Gasteiger partial charge in [-0.1, -0.05) is 72.3 Å². The number of halogens is 1. The molecule has 3 unspecified atom stereocenters. The minimum absolute atomic E-state index is 0.115. The maximum atomic E-state index is 12.6. The highest BCUT2D eigenvalue weighted by Gasteiger charge is 2.66. The van der Waals surface area contributed by atoms with E-state index in [4.69, 9.17) is 16.3 Å². The molecular weight excluding hydrogens is 498 g/mol. The number of benzene rings is 4. The zero-order valence-corrected chi connectivity index (χ0v) is 20.5. The monoisotopic (exact) mass is 518 g/mol. The zero-order chi connectivity index (χ0) is 25.3. The number of carboxylic acid groups (broad SMARTS) is 1. The third-order valence-corrected chi connectivity index (χ3v) is 7.45. The lowest BCUT2D eigenvalue weighted by Crippen LogP contribution is -2.46. The van der Waals surface area contributed by atoms with Crippen LogP contribution < -0.4 is 9.04 Å². The first-order chi connectivity index (χ1) is 17.4. The molecule has 1 saturated carbocycles. The maximum Gasteiger partial charge on any atom is 0.331 e. The number of aliphatic carboxylic acids is 1. The molecule has 182 valence electrons. The van der Waals surface area contributed by atoms with Gasteiger partial charge in [-0.3, -0.25) is 8.51 Å². The van der Waals surface area contributed by atoms with Crippen molar-refractivity contribution in [3.05, 3.63) is 114 Å². The number of ether oxygens (including phenoxy) is 1. The highest BCUT2D eigenvalue weighted by molar-refractivity contribution is 7.80. The van der Waals surface area contributed by atoms with Gasteiger partial charge in [0.1, 0.15) is 11.5 Å². The Morgan fingerprint density at radius 3 is 2.11 bits per heavy atom. The van der Waals surface area contributed by atoms with Crippen molar-refractivity contribution in [3.8, 4) is 22.6 Å². The molecule has 0 aromatic heterocycles. The molecule has 1 aliphatic rings. The van der Waals surface area contributed by atoms with E-state index in [1.54, 1.807) is 72.8 Å². The van der Waals surface area contributed by atoms with Gasteiger partial charge in [-0.15, -0.1) is 0 Å². The van der Waals surface area contributed by atoms with E-state index in [0.717, 1.165) is 15.4 Å². The van der Waals surface area contributed by atoms with Crippen LogP contribution >= 0.6 is 11.6 Å². The van der Waals surface area contributed by atoms with E-state index in [0.29, 0.717) is 22.1 Å². The molecule has 0 saturated heterocycles. The normalized spacial score (nSPS) is 19.3. The number of nitrogens with zero attached hydrogens (tertiary/aromatic N) is 1. The van der Waals surface area contributed by atoms with Gasteiger partial charge in [0.15, 0.2) is 5.54 Å². The van der Waals surface area contributed by atoms with Crippen LogP contribution in [0.4, 0.5) is 5.69 Å². The van der Waals surface area contributed by atoms with Crippen LogP contribution in [0, 0.1) is 0 Å². The van der Waals surface area contributed by atoms with E-state index in [1.807, 2.05) is 30.3 Å². The molecule has 8 heteroatoms. The molecule has 0 heterocycles. The number of rotatable bonds is 8. The van der Waals surface area contributed by atoms with Crippen molar-refractivity contribution in [1.82, 2.24) is 0 Å². The SMILES string of the molecule is O=C(O)C1(N(c2ccc(-c3ccc(Cl)cc3)cc2)S(=O)[O-])CC1c1ccccc1Oc1ccccc1. The van der Waals surface area contributed by atoms with Crippen molar-refractivity contribution in [2.45, 2.75) is 17.9 Å². The van der Waals surface area contributed by atoms with Gasteiger partial charge in [-0.05, 0) is 60.0 Å². The molecule has 5 rings (SSSR count). The summed E-state index contributed by atoms with van der Waals surface area (Å²) in [5.74, 6) is -0.711. The average Bonchev–Trinajstić information content (AvgIpc) is 3.62. The Labute approximate surface area is 216 Å². The fourth-order valence-electron chi connectivity index (χ4n) is 4.53. The molecule has 0 aliphatic heterocycles. The van der Waals surface area contributed by atoms with Gasteiger partial charge < -0.3 is 14.4 Å². The predicted octanol–water partition coefficient (Wildman–Crippen LogP) is 6.41. The smallest absolute Gasteiger partial charge is 0.331 e. The van der Waals surface area contributed by atoms with Gasteiger partial charge in [-0.25, -0.2) is 4.79 Å². The zero-order valence-electron chi connectivity index (χ0n) is 18.9. The third-order valence-electron chi connectivity index (χ3n) is 6.36. The Morgan fingerprint density at radius 2 is 1.50 bits per heavy atom. The number of carboxylic acids is 1. The third kappa shape index (κ3) is 4.48. The quantitative estimate of drug-likeness (QED) is 0.272. The van der Waals surface area contributed by atoms with Gasteiger partial charge in [0, 0.05) is 33.5 Å². The molecular formula is C28H21ClNO5S-. The van der Waals surface area contributed by atoms with Crippen molar-refractivity contribution in [2.75, 3.05) is 4.31 Å². The highest BCUT2D eigenvalue weighted by atomic mass is 35.5. The van der Waals surface area contributed by atoms with Crippen molar-refractivity contribution in [3.63, 3.8) is 0 Å². The lowest BCUT2D eigenvalue weighted by Gasteiger charge is -2.33. The van der Waals surface area contributed by atoms with Gasteiger partial charge in [0.25, 0.3) is 0 Å². The van der Waals surface area contributed by atoms with Gasteiger partial charge >= 0.3 is 5.97 Å². The number of para-hydroxylation sites is 2. The number of carbonyl (C=O) groups is 1. The van der Waals surface area contributed by atoms with Gasteiger partial charge in [0.05, 0.1) is 0 Å². The second kappa shape index (κ2) is 9.78. The van der Waals surface area contributed by atoms with Crippen LogP contribution in [0.25, 0.3) is 11.1 Å². The molecule has 36 heavy (non-hydrogen) atoms. The largest absolute Gasteiger partial charge is 0.755 e. The summed E-state index contributed by atoms with van der Waals surface area (Å²) in [4.78, 5) is 12.6. The van der Waals surface area contributed by atoms with Crippen LogP contribution in [0.5, 0.6) is 11.5 Å². The summed E-state index contributed by atoms with van der Waals surface area (Å²) in [7, 11) is 0. The fourth-order valence-corrected chi connectivity index (χ4v) is 5.49. The molecule has 4 aromatic carbocycles. The van der Waals surface area contributed by atoms with Crippen LogP contribution in [0.15, 0.2) is 103 Å². The van der Waals surface area contributed by atoms with Crippen molar-refractivity contribution < 1.29 is 23.4 Å². The second-order valence-corrected chi connectivity index (χ2v) is 9.74. The van der Waals surface area contributed by atoms with Crippen LogP contribution in [-0.4, -0.2) is 25.4 Å². The Hall–Kier alpha value is -3.65. The van der Waals surface area contributed by atoms with Crippen LogP contribution in [0.1, 0.15) is 17.9 Å². The molecule has 0 radical (unpaired) electrons. The molecule has 0 bridgehead atoms. The molecule has 6 nitrogen and oxygen atoms in total. The second-order valence-electron chi connectivity index (χ2n) is 8.50. The van der Waals surface area contributed by atoms with Crippen LogP contribution in [-0.2, 0) is 16.1 Å². The summed E-state index contributed by atoms with van der Waals surface area (Å²) >= 11 is 3.14. The fraction of sp³-hybridized carbons (Fsp3) is 0.107. The van der Waals surface area contributed by atoms with Crippen LogP contribution in [0.2, 0.25) is 5.02 Å². The minimum Gasteiger partial charge on any atom is -0.755 e. The standard InChI is InChI=1S/C28H22ClNO5S/c29-21-14-10-19(11-15-21)20-12-16-22(17-13-20)30(36(33)34)28(27(31)32)18-25(28)24-8-4-5-9-26(24)35-23-6-2-1-3-7-23/h1-17,25H,18H2,(H,31,32)(H,33,34)/p-1. The van der Waals surface area contributed by atoms with Crippen molar-refractivity contribution in [1.29, 1.82) is 0 Å². The summed E-state index contributed by atoms with van der Waals surface area (Å²) in [5, 5.41) is 10.9. The van der Waals surface area contributed by atoms with E-state index in [1.165, 1.54) is 0 Å². The molecule has 4 aromatic rings. The lowest BCUT2D eigenvalue weighted by atomic mass is 10.0. The lowest BCUT2D eigenvalue weighted by molar-refractivity contribution is -0.139. The van der Waals surface area contributed by atoms with Crippen LogP contribution in [0.3, 0.4) is 0 Å². The minimum atomic E-state index is -2.83. The first-order valence-corrected chi connectivity index (χ1v) is 12.6. The summed E-state index contributed by atoms with van der Waals surface area (Å²) in [5.41, 5.74) is 1.00. The Balaban J connectivity index is 1.49. The number of hydrogen-bond donors (Lipinski definition) is 1. The Kier molecular flexibility index (Phi) is 6.53. The van der Waals surface area contributed by atoms with E-state index in [2.05, 4.69) is 0 Å². The summed E-state index contributed by atoms with van der Waals surface area (Å²) < 4.78 is 31.9. The molecule has 1 fully saturated rings. The summed E-state index contributed by atoms with van der Waals surface area (Å²) in [6.45, 7) is 0. The Morgan fingerprint density at radius 1 is 0.917 bits per heavy atom. The molecule has 0 amide bonds. The molecule has 1 N–H and O–H groups in total. The predicted molar refractivity (Wildman–Crippen MR) is 139 cm³/mol. The number of hydrogen-bond acceptors (Lipinski definition) is 4. The Bertz CT molecular complexity index is 1410. The molecule has 3 atom stereocenters. The van der Waals surface area contributed by atoms with E-state index >= 15 is 0 Å². The maximum absolute atomic E-state index is 12.6. The highest BCUT2D eigenvalue weighted by Crippen LogP contribution is 2.59. The topological polar surface area (TPSA) is 89.9 Å². The van der Waals surface area contributed by atoms with Crippen molar-refractivity contribution in [2.24, 2.45) is 0 Å². The molecule has 0 spiro atoms. The van der Waals surface area contributed by atoms with Crippen molar-refractivity contribution >= 4 is 34.5 Å². The molecule has 1 aliphatic carbocycles.